The van der Waals surface area contributed by atoms with Crippen LogP contribution in [-0.2, 0) is 9.59 Å². The number of benzene rings is 2. The molecular weight excluding hydrogens is 437 g/mol. The highest BCUT2D eigenvalue weighted by Crippen LogP contribution is 2.25. The smallest absolute Gasteiger partial charge is 0.273 e. The lowest BCUT2D eigenvalue weighted by Gasteiger charge is -2.29. The molecule has 1 aliphatic rings. The van der Waals surface area contributed by atoms with Gasteiger partial charge in [-0.25, -0.2) is 5.01 Å². The van der Waals surface area contributed by atoms with Crippen LogP contribution < -0.4 is 0 Å². The van der Waals surface area contributed by atoms with Gasteiger partial charge in [-0.1, -0.05) is 23.2 Å². The fourth-order valence-electron chi connectivity index (χ4n) is 2.84. The second-order valence-corrected chi connectivity index (χ2v) is 7.13. The molecule has 11 heteroatoms. The summed E-state index contributed by atoms with van der Waals surface area (Å²) in [6.45, 7) is -0.631. The maximum Gasteiger partial charge on any atom is 0.273 e. The number of nitrogens with zero attached hydrogens (tertiary/aromatic N) is 3. The predicted molar refractivity (Wildman–Crippen MR) is 106 cm³/mol. The lowest BCUT2D eigenvalue weighted by atomic mass is 10.1. The van der Waals surface area contributed by atoms with Crippen LogP contribution in [0.5, 0.6) is 0 Å². The first-order valence-corrected chi connectivity index (χ1v) is 9.35. The van der Waals surface area contributed by atoms with E-state index < -0.39 is 35.0 Å². The van der Waals surface area contributed by atoms with Gasteiger partial charge in [-0.3, -0.25) is 29.3 Å². The molecule has 0 bridgehead atoms. The Hall–Kier alpha value is -3.30. The predicted octanol–water partition coefficient (Wildman–Crippen LogP) is 3.29. The number of hydrazine groups is 1. The first-order valence-electron chi connectivity index (χ1n) is 8.59. The van der Waals surface area contributed by atoms with Crippen molar-refractivity contribution >= 4 is 52.4 Å². The molecule has 3 amide bonds. The van der Waals surface area contributed by atoms with Crippen LogP contribution in [-0.4, -0.2) is 45.0 Å². The van der Waals surface area contributed by atoms with Crippen molar-refractivity contribution in [3.63, 3.8) is 0 Å². The monoisotopic (exact) mass is 449 g/mol. The highest BCUT2D eigenvalue weighted by molar-refractivity contribution is 6.42. The molecule has 154 valence electrons. The van der Waals surface area contributed by atoms with Crippen LogP contribution in [0.25, 0.3) is 0 Å². The first kappa shape index (κ1) is 21.4. The largest absolute Gasteiger partial charge is 0.292 e. The Kier molecular flexibility index (Phi) is 6.14. The van der Waals surface area contributed by atoms with Crippen molar-refractivity contribution in [3.05, 3.63) is 73.8 Å². The molecule has 0 atom stereocenters. The number of amides is 3. The Balaban J connectivity index is 1.93. The van der Waals surface area contributed by atoms with Crippen molar-refractivity contribution in [1.82, 2.24) is 10.0 Å². The van der Waals surface area contributed by atoms with Gasteiger partial charge in [0, 0.05) is 36.1 Å². The van der Waals surface area contributed by atoms with Crippen LogP contribution in [0.2, 0.25) is 10.0 Å². The Bertz CT molecular complexity index is 1050. The van der Waals surface area contributed by atoms with Gasteiger partial charge in [-0.15, -0.1) is 0 Å². The number of carbonyl (C=O) groups is 4. The molecule has 30 heavy (non-hydrogen) atoms. The van der Waals surface area contributed by atoms with Crippen LogP contribution in [0.1, 0.15) is 33.6 Å². The normalized spacial score (nSPS) is 13.5. The Labute approximate surface area is 179 Å². The minimum Gasteiger partial charge on any atom is -0.292 e. The minimum atomic E-state index is -0.799. The van der Waals surface area contributed by atoms with E-state index in [4.69, 9.17) is 23.2 Å². The summed E-state index contributed by atoms with van der Waals surface area (Å²) in [7, 11) is 0. The molecule has 1 aliphatic heterocycles. The fraction of sp³-hybridized carbons (Fsp3) is 0.158. The summed E-state index contributed by atoms with van der Waals surface area (Å²) in [5.74, 6) is -2.66. The summed E-state index contributed by atoms with van der Waals surface area (Å²) in [5, 5.41) is 12.5. The van der Waals surface area contributed by atoms with Gasteiger partial charge < -0.3 is 0 Å². The molecule has 9 nitrogen and oxygen atoms in total. The molecule has 1 heterocycles. The third-order valence-electron chi connectivity index (χ3n) is 4.36. The lowest BCUT2D eigenvalue weighted by molar-refractivity contribution is -0.384. The number of Topliss-reactive ketones (excluding diaryl/α,β-unsaturated/α-hetero) is 1. The molecule has 1 fully saturated rings. The van der Waals surface area contributed by atoms with E-state index in [1.807, 2.05) is 0 Å². The van der Waals surface area contributed by atoms with Crippen molar-refractivity contribution in [2.24, 2.45) is 0 Å². The summed E-state index contributed by atoms with van der Waals surface area (Å²) < 4.78 is 0. The Morgan fingerprint density at radius 2 is 1.53 bits per heavy atom. The number of imide groups is 1. The molecule has 2 aromatic carbocycles. The number of nitro benzene ring substituents is 1. The summed E-state index contributed by atoms with van der Waals surface area (Å²) in [5.41, 5.74) is -0.111. The molecule has 0 radical (unpaired) electrons. The van der Waals surface area contributed by atoms with E-state index in [1.165, 1.54) is 30.3 Å². The Morgan fingerprint density at radius 3 is 2.07 bits per heavy atom. The van der Waals surface area contributed by atoms with Gasteiger partial charge in [0.1, 0.15) is 6.54 Å². The number of halogens is 2. The molecule has 0 aromatic heterocycles. The molecule has 0 spiro atoms. The SMILES string of the molecule is O=C(CN(C(=O)c1ccc(Cl)c(Cl)c1)N1C(=O)CCC1=O)c1ccc([N+](=O)[O-])cc1. The van der Waals surface area contributed by atoms with Crippen LogP contribution in [0.4, 0.5) is 5.69 Å². The topological polar surface area (TPSA) is 118 Å². The number of hydrogen-bond donors (Lipinski definition) is 0. The zero-order chi connectivity index (χ0) is 22.0. The van der Waals surface area contributed by atoms with E-state index in [0.717, 1.165) is 17.1 Å². The van der Waals surface area contributed by atoms with Gasteiger partial charge in [0.05, 0.1) is 15.0 Å². The number of nitro groups is 1. The van der Waals surface area contributed by atoms with Gasteiger partial charge in [-0.2, -0.15) is 5.01 Å². The molecule has 2 aromatic rings. The van der Waals surface area contributed by atoms with E-state index in [9.17, 15) is 29.3 Å². The maximum absolute atomic E-state index is 13.0. The maximum atomic E-state index is 13.0. The van der Waals surface area contributed by atoms with Crippen LogP contribution in [0.3, 0.4) is 0 Å². The molecule has 0 unspecified atom stereocenters. The molecule has 3 rings (SSSR count). The average molecular weight is 450 g/mol. The second kappa shape index (κ2) is 8.60. The van der Waals surface area contributed by atoms with Crippen molar-refractivity contribution in [2.45, 2.75) is 12.8 Å². The molecule has 0 N–H and O–H groups in total. The highest BCUT2D eigenvalue weighted by atomic mass is 35.5. The second-order valence-electron chi connectivity index (χ2n) is 6.32. The zero-order valence-electron chi connectivity index (χ0n) is 15.2. The van der Waals surface area contributed by atoms with Crippen LogP contribution in [0.15, 0.2) is 42.5 Å². The van der Waals surface area contributed by atoms with Gasteiger partial charge >= 0.3 is 0 Å². The van der Waals surface area contributed by atoms with Crippen molar-refractivity contribution < 1.29 is 24.1 Å². The van der Waals surface area contributed by atoms with Gasteiger partial charge in [0.15, 0.2) is 5.78 Å². The van der Waals surface area contributed by atoms with E-state index in [1.54, 1.807) is 0 Å². The number of ketones is 1. The number of rotatable bonds is 6. The minimum absolute atomic E-state index is 0.0217. The Morgan fingerprint density at radius 1 is 0.967 bits per heavy atom. The third-order valence-corrected chi connectivity index (χ3v) is 5.10. The van der Waals surface area contributed by atoms with Gasteiger partial charge in [0.2, 0.25) is 11.8 Å². The standard InChI is InChI=1S/C19H13Cl2N3O6/c20-14-6-3-12(9-15(14)21)19(28)22(23-17(26)7-8-18(23)27)10-16(25)11-1-4-13(5-2-11)24(29)30/h1-6,9H,7-8,10H2. The van der Waals surface area contributed by atoms with Crippen LogP contribution >= 0.6 is 23.2 Å². The quantitative estimate of drug-likeness (QED) is 0.289. The van der Waals surface area contributed by atoms with Crippen molar-refractivity contribution in [2.75, 3.05) is 6.54 Å². The fourth-order valence-corrected chi connectivity index (χ4v) is 3.14. The van der Waals surface area contributed by atoms with Gasteiger partial charge in [-0.05, 0) is 30.3 Å². The lowest BCUT2D eigenvalue weighted by Crippen LogP contribution is -2.51. The van der Waals surface area contributed by atoms with Crippen LogP contribution in [0, 0.1) is 10.1 Å². The number of hydrogen-bond acceptors (Lipinski definition) is 6. The molecular formula is C19H13Cl2N3O6. The highest BCUT2D eigenvalue weighted by Gasteiger charge is 2.38. The van der Waals surface area contributed by atoms with E-state index in [0.29, 0.717) is 5.01 Å². The average Bonchev–Trinajstić information content (AvgIpc) is 3.05. The van der Waals surface area contributed by atoms with Crippen molar-refractivity contribution in [3.8, 4) is 0 Å². The molecule has 0 aliphatic carbocycles. The van der Waals surface area contributed by atoms with E-state index in [-0.39, 0.29) is 39.7 Å². The number of non-ortho nitro benzene ring substituents is 1. The molecule has 0 saturated carbocycles. The third kappa shape index (κ3) is 4.32. The zero-order valence-corrected chi connectivity index (χ0v) is 16.7. The van der Waals surface area contributed by atoms with E-state index >= 15 is 0 Å². The molecule has 1 saturated heterocycles. The van der Waals surface area contributed by atoms with Crippen molar-refractivity contribution in [1.29, 1.82) is 0 Å². The van der Waals surface area contributed by atoms with E-state index in [2.05, 4.69) is 0 Å². The van der Waals surface area contributed by atoms with Gasteiger partial charge in [0.25, 0.3) is 11.6 Å². The first-order chi connectivity index (χ1) is 14.2. The summed E-state index contributed by atoms with van der Waals surface area (Å²) in [6, 6.07) is 8.74. The summed E-state index contributed by atoms with van der Waals surface area (Å²) in [6.07, 6.45) is -0.175. The number of carbonyl (C=O) groups excluding carboxylic acids is 4. The summed E-state index contributed by atoms with van der Waals surface area (Å²) >= 11 is 11.8. The summed E-state index contributed by atoms with van der Waals surface area (Å²) in [4.78, 5) is 60.3.